The summed E-state index contributed by atoms with van der Waals surface area (Å²) in [5, 5.41) is 3.24. The quantitative estimate of drug-likeness (QED) is 0.899. The van der Waals surface area contributed by atoms with Gasteiger partial charge in [-0.1, -0.05) is 12.1 Å². The van der Waals surface area contributed by atoms with Crippen LogP contribution in [0.4, 0.5) is 8.78 Å². The number of piperidine rings is 1. The molecule has 3 nitrogen and oxygen atoms in total. The molecular formula is C15H18F2N2O. The van der Waals surface area contributed by atoms with Crippen molar-refractivity contribution in [1.29, 1.82) is 0 Å². The summed E-state index contributed by atoms with van der Waals surface area (Å²) >= 11 is 0. The Kier molecular flexibility index (Phi) is 3.46. The van der Waals surface area contributed by atoms with Crippen molar-refractivity contribution >= 4 is 5.91 Å². The summed E-state index contributed by atoms with van der Waals surface area (Å²) in [5.41, 5.74) is -0.0662. The van der Waals surface area contributed by atoms with Gasteiger partial charge in [0.15, 0.2) is 11.6 Å². The molecule has 0 aromatic heterocycles. The van der Waals surface area contributed by atoms with E-state index in [1.54, 1.807) is 11.0 Å². The standard InChI is InChI=1S/C15H18F2N2O/c16-12-4-1-3-11(13(12)17)9-19-8-2-5-15(14(19)20)6-7-18-10-15/h1,3-4,18H,2,5-10H2. The third-order valence-corrected chi connectivity index (χ3v) is 4.46. The van der Waals surface area contributed by atoms with Gasteiger partial charge < -0.3 is 10.2 Å². The number of nitrogens with zero attached hydrogens (tertiary/aromatic N) is 1. The van der Waals surface area contributed by atoms with E-state index < -0.39 is 11.6 Å². The number of hydrogen-bond acceptors (Lipinski definition) is 2. The lowest BCUT2D eigenvalue weighted by Crippen LogP contribution is -2.49. The van der Waals surface area contributed by atoms with Gasteiger partial charge in [0.25, 0.3) is 0 Å². The molecule has 0 bridgehead atoms. The lowest BCUT2D eigenvalue weighted by Gasteiger charge is -2.39. The van der Waals surface area contributed by atoms with Crippen molar-refractivity contribution in [2.45, 2.75) is 25.8 Å². The smallest absolute Gasteiger partial charge is 0.230 e. The fourth-order valence-electron chi connectivity index (χ4n) is 3.32. The van der Waals surface area contributed by atoms with Crippen molar-refractivity contribution in [3.05, 3.63) is 35.4 Å². The van der Waals surface area contributed by atoms with Crippen molar-refractivity contribution < 1.29 is 13.6 Å². The van der Waals surface area contributed by atoms with Crippen LogP contribution in [0.3, 0.4) is 0 Å². The number of rotatable bonds is 2. The summed E-state index contributed by atoms with van der Waals surface area (Å²) in [5.74, 6) is -1.62. The Hall–Kier alpha value is -1.49. The maximum atomic E-state index is 13.7. The minimum Gasteiger partial charge on any atom is -0.338 e. The zero-order valence-corrected chi connectivity index (χ0v) is 11.3. The summed E-state index contributed by atoms with van der Waals surface area (Å²) in [6.45, 7) is 2.34. The average molecular weight is 280 g/mol. The zero-order chi connectivity index (χ0) is 14.2. The second kappa shape index (κ2) is 5.13. The fourth-order valence-corrected chi connectivity index (χ4v) is 3.32. The van der Waals surface area contributed by atoms with Crippen molar-refractivity contribution in [3.8, 4) is 0 Å². The van der Waals surface area contributed by atoms with Crippen LogP contribution in [0.1, 0.15) is 24.8 Å². The van der Waals surface area contributed by atoms with E-state index in [0.29, 0.717) is 13.1 Å². The summed E-state index contributed by atoms with van der Waals surface area (Å²) in [4.78, 5) is 14.3. The highest BCUT2D eigenvalue weighted by atomic mass is 19.2. The maximum absolute atomic E-state index is 13.7. The van der Waals surface area contributed by atoms with Gasteiger partial charge in [-0.15, -0.1) is 0 Å². The molecule has 2 fully saturated rings. The van der Waals surface area contributed by atoms with Gasteiger partial charge >= 0.3 is 0 Å². The maximum Gasteiger partial charge on any atom is 0.230 e. The number of benzene rings is 1. The molecule has 1 atom stereocenters. The van der Waals surface area contributed by atoms with E-state index in [4.69, 9.17) is 0 Å². The lowest BCUT2D eigenvalue weighted by molar-refractivity contribution is -0.145. The lowest BCUT2D eigenvalue weighted by atomic mass is 9.78. The van der Waals surface area contributed by atoms with Gasteiger partial charge in [0.1, 0.15) is 0 Å². The van der Waals surface area contributed by atoms with Gasteiger partial charge in [0, 0.05) is 25.2 Å². The van der Waals surface area contributed by atoms with Gasteiger partial charge in [0.2, 0.25) is 5.91 Å². The van der Waals surface area contributed by atoms with E-state index in [1.165, 1.54) is 6.07 Å². The molecule has 2 saturated heterocycles. The molecular weight excluding hydrogens is 262 g/mol. The first-order valence-electron chi connectivity index (χ1n) is 7.05. The van der Waals surface area contributed by atoms with Crippen LogP contribution in [0.2, 0.25) is 0 Å². The molecule has 1 aromatic carbocycles. The Labute approximate surface area is 117 Å². The normalized spacial score (nSPS) is 26.5. The topological polar surface area (TPSA) is 32.3 Å². The highest BCUT2D eigenvalue weighted by molar-refractivity contribution is 5.84. The molecule has 0 aliphatic carbocycles. The number of carbonyl (C=O) groups excluding carboxylic acids is 1. The molecule has 2 aliphatic rings. The number of halogens is 2. The Balaban J connectivity index is 1.80. The molecule has 1 spiro atoms. The molecule has 1 unspecified atom stereocenters. The third kappa shape index (κ3) is 2.20. The van der Waals surface area contributed by atoms with Crippen molar-refractivity contribution in [3.63, 3.8) is 0 Å². The van der Waals surface area contributed by atoms with E-state index in [1.807, 2.05) is 0 Å². The van der Waals surface area contributed by atoms with Gasteiger partial charge in [-0.25, -0.2) is 8.78 Å². The van der Waals surface area contributed by atoms with Gasteiger partial charge in [-0.2, -0.15) is 0 Å². The molecule has 0 saturated carbocycles. The van der Waals surface area contributed by atoms with E-state index in [9.17, 15) is 13.6 Å². The van der Waals surface area contributed by atoms with Crippen LogP contribution in [-0.4, -0.2) is 30.4 Å². The molecule has 20 heavy (non-hydrogen) atoms. The summed E-state index contributed by atoms with van der Waals surface area (Å²) in [6, 6.07) is 4.12. The Morgan fingerprint density at radius 3 is 2.90 bits per heavy atom. The molecule has 108 valence electrons. The largest absolute Gasteiger partial charge is 0.338 e. The summed E-state index contributed by atoms with van der Waals surface area (Å²) in [6.07, 6.45) is 2.65. The Bertz CT molecular complexity index is 527. The number of carbonyl (C=O) groups is 1. The molecule has 1 N–H and O–H groups in total. The first-order valence-corrected chi connectivity index (χ1v) is 7.05. The van der Waals surface area contributed by atoms with Gasteiger partial charge in [0.05, 0.1) is 5.41 Å². The Morgan fingerprint density at radius 1 is 1.30 bits per heavy atom. The van der Waals surface area contributed by atoms with Crippen molar-refractivity contribution in [2.24, 2.45) is 5.41 Å². The van der Waals surface area contributed by atoms with E-state index >= 15 is 0 Å². The predicted octanol–water partition coefficient (Wildman–Crippen LogP) is 2.07. The first kappa shape index (κ1) is 13.5. The fraction of sp³-hybridized carbons (Fsp3) is 0.533. The van der Waals surface area contributed by atoms with Crippen LogP contribution in [0.15, 0.2) is 18.2 Å². The Morgan fingerprint density at radius 2 is 2.15 bits per heavy atom. The summed E-state index contributed by atoms with van der Waals surface area (Å²) in [7, 11) is 0. The number of likely N-dealkylation sites (tertiary alicyclic amines) is 1. The first-order chi connectivity index (χ1) is 9.62. The van der Waals surface area contributed by atoms with Crippen LogP contribution in [-0.2, 0) is 11.3 Å². The molecule has 3 rings (SSSR count). The minimum absolute atomic E-state index is 0.0809. The summed E-state index contributed by atoms with van der Waals surface area (Å²) < 4.78 is 27.0. The highest BCUT2D eigenvalue weighted by Crippen LogP contribution is 2.37. The van der Waals surface area contributed by atoms with Crippen molar-refractivity contribution in [1.82, 2.24) is 10.2 Å². The zero-order valence-electron chi connectivity index (χ0n) is 11.3. The monoisotopic (exact) mass is 280 g/mol. The minimum atomic E-state index is -0.857. The second-order valence-corrected chi connectivity index (χ2v) is 5.75. The van der Waals surface area contributed by atoms with Gasteiger partial charge in [-0.3, -0.25) is 4.79 Å². The highest BCUT2D eigenvalue weighted by Gasteiger charge is 2.45. The predicted molar refractivity (Wildman–Crippen MR) is 70.9 cm³/mol. The third-order valence-electron chi connectivity index (χ3n) is 4.46. The SMILES string of the molecule is O=C1N(Cc2cccc(F)c2F)CCCC12CCNC2. The van der Waals surface area contributed by atoms with Crippen molar-refractivity contribution in [2.75, 3.05) is 19.6 Å². The van der Waals surface area contributed by atoms with E-state index in [0.717, 1.165) is 31.9 Å². The number of hydrogen-bond donors (Lipinski definition) is 1. The second-order valence-electron chi connectivity index (χ2n) is 5.75. The van der Waals surface area contributed by atoms with Crippen LogP contribution < -0.4 is 5.32 Å². The number of amides is 1. The van der Waals surface area contributed by atoms with E-state index in [-0.39, 0.29) is 23.4 Å². The van der Waals surface area contributed by atoms with Crippen LogP contribution in [0.5, 0.6) is 0 Å². The van der Waals surface area contributed by atoms with Gasteiger partial charge in [-0.05, 0) is 31.9 Å². The van der Waals surface area contributed by atoms with Crippen LogP contribution in [0.25, 0.3) is 0 Å². The molecule has 2 heterocycles. The molecule has 2 aliphatic heterocycles. The average Bonchev–Trinajstić information content (AvgIpc) is 2.90. The van der Waals surface area contributed by atoms with E-state index in [2.05, 4.69) is 5.32 Å². The van der Waals surface area contributed by atoms with Crippen LogP contribution >= 0.6 is 0 Å². The molecule has 1 aromatic rings. The van der Waals surface area contributed by atoms with Crippen LogP contribution in [0, 0.1) is 17.0 Å². The number of nitrogens with one attached hydrogen (secondary N) is 1. The molecule has 5 heteroatoms. The molecule has 1 amide bonds. The molecule has 0 radical (unpaired) electrons.